The molecule has 0 bridgehead atoms. The summed E-state index contributed by atoms with van der Waals surface area (Å²) >= 11 is 0. The number of nitro groups is 1. The smallest absolute Gasteiger partial charge is 0.346 e. The Morgan fingerprint density at radius 1 is 1.28 bits per heavy atom. The normalized spacial score (nSPS) is 11.9. The van der Waals surface area contributed by atoms with Crippen LogP contribution in [0, 0.1) is 10.1 Å². The molecule has 0 atom stereocenters. The molecule has 94 valence electrons. The van der Waals surface area contributed by atoms with E-state index in [1.54, 1.807) is 24.3 Å². The van der Waals surface area contributed by atoms with Crippen molar-refractivity contribution in [1.82, 2.24) is 0 Å². The van der Waals surface area contributed by atoms with Gasteiger partial charge in [-0.2, -0.15) is 0 Å². The number of cyclic esters (lactones) is 2. The topological polar surface area (TPSA) is 86.5 Å². The van der Waals surface area contributed by atoms with Crippen LogP contribution in [0.5, 0.6) is 0 Å². The predicted molar refractivity (Wildman–Crippen MR) is 65.1 cm³/mol. The number of carbonyl (C=O) groups is 2. The van der Waals surface area contributed by atoms with Crippen molar-refractivity contribution >= 4 is 19.8 Å². The maximum atomic E-state index is 11.1. The number of hydrogen-bond donors (Lipinski definition) is 0. The maximum absolute atomic E-state index is 11.1. The van der Waals surface area contributed by atoms with Crippen LogP contribution in [-0.4, -0.2) is 31.8 Å². The van der Waals surface area contributed by atoms with E-state index in [1.807, 2.05) is 0 Å². The lowest BCUT2D eigenvalue weighted by Gasteiger charge is -2.12. The number of carbonyl (C=O) groups excluding carboxylic acids is 2. The van der Waals surface area contributed by atoms with E-state index in [-0.39, 0.29) is 6.42 Å². The van der Waals surface area contributed by atoms with Gasteiger partial charge in [0, 0.05) is 4.92 Å². The summed E-state index contributed by atoms with van der Waals surface area (Å²) in [6.45, 7) is 1.50. The number of nitrogens with zero attached hydrogens (tertiary/aromatic N) is 1. The first-order valence-corrected chi connectivity index (χ1v) is 4.99. The minimum absolute atomic E-state index is 0.196. The van der Waals surface area contributed by atoms with Crippen molar-refractivity contribution < 1.29 is 19.2 Å². The Morgan fingerprint density at radius 3 is 2.33 bits per heavy atom. The highest BCUT2D eigenvalue weighted by atomic mass is 16.6. The van der Waals surface area contributed by atoms with Crippen molar-refractivity contribution in [2.24, 2.45) is 0 Å². The van der Waals surface area contributed by atoms with Gasteiger partial charge in [0.15, 0.2) is 7.05 Å². The van der Waals surface area contributed by atoms with Gasteiger partial charge in [0.25, 0.3) is 0 Å². The molecular formula is C11H12BNO5. The molecule has 2 rings (SSSR count). The quantitative estimate of drug-likeness (QED) is 0.225. The Labute approximate surface area is 106 Å². The minimum Gasteiger partial charge on any atom is -0.389 e. The number of ether oxygens (including phenoxy) is 1. The standard InChI is InChI=1S/C9H6O3.CH3B.CH3NO2/c10-8-5-6-3-1-2-4-7(6)9(11)12-8;1-2;1-2(3)4/h1-4H,5H2;1H3;1H3. The lowest BCUT2D eigenvalue weighted by molar-refractivity contribution is -0.445. The van der Waals surface area contributed by atoms with Crippen LogP contribution in [0.3, 0.4) is 0 Å². The maximum Gasteiger partial charge on any atom is 0.346 e. The first kappa shape index (κ1) is 15.8. The molecule has 1 aliphatic heterocycles. The lowest BCUT2D eigenvalue weighted by atomic mass is 10.0. The summed E-state index contributed by atoms with van der Waals surface area (Å²) in [7, 11) is 5.39. The Bertz CT molecular complexity index is 443. The summed E-state index contributed by atoms with van der Waals surface area (Å²) in [5.41, 5.74) is 1.25. The number of rotatable bonds is 0. The van der Waals surface area contributed by atoms with E-state index in [2.05, 4.69) is 12.6 Å². The molecule has 1 aromatic rings. The third-order valence-electron chi connectivity index (χ3n) is 1.78. The van der Waals surface area contributed by atoms with Gasteiger partial charge in [-0.15, -0.1) is 0 Å². The summed E-state index contributed by atoms with van der Waals surface area (Å²) < 4.78 is 4.43. The molecule has 0 saturated carbocycles. The van der Waals surface area contributed by atoms with Crippen molar-refractivity contribution in [3.63, 3.8) is 0 Å². The van der Waals surface area contributed by atoms with Crippen LogP contribution in [-0.2, 0) is 16.0 Å². The van der Waals surface area contributed by atoms with Crippen LogP contribution in [0.1, 0.15) is 15.9 Å². The average molecular weight is 249 g/mol. The molecule has 2 radical (unpaired) electrons. The van der Waals surface area contributed by atoms with E-state index in [1.165, 1.54) is 6.82 Å². The first-order chi connectivity index (χ1) is 8.50. The van der Waals surface area contributed by atoms with E-state index in [0.29, 0.717) is 5.56 Å². The molecule has 0 N–H and O–H groups in total. The van der Waals surface area contributed by atoms with Gasteiger partial charge in [0.2, 0.25) is 0 Å². The van der Waals surface area contributed by atoms with Crippen molar-refractivity contribution in [1.29, 1.82) is 0 Å². The van der Waals surface area contributed by atoms with Gasteiger partial charge in [-0.25, -0.2) is 4.79 Å². The fourth-order valence-corrected chi connectivity index (χ4v) is 1.22. The van der Waals surface area contributed by atoms with Crippen molar-refractivity contribution in [2.75, 3.05) is 7.05 Å². The minimum atomic E-state index is -0.540. The van der Waals surface area contributed by atoms with Crippen LogP contribution < -0.4 is 0 Å². The summed E-state index contributed by atoms with van der Waals surface area (Å²) in [6, 6.07) is 6.96. The summed E-state index contributed by atoms with van der Waals surface area (Å²) in [6.07, 6.45) is 0.196. The predicted octanol–water partition coefficient (Wildman–Crippen LogP) is 1.02. The molecular weight excluding hydrogens is 237 g/mol. The second-order valence-corrected chi connectivity index (χ2v) is 3.04. The van der Waals surface area contributed by atoms with Crippen LogP contribution in [0.15, 0.2) is 24.3 Å². The van der Waals surface area contributed by atoms with Crippen LogP contribution in [0.25, 0.3) is 0 Å². The molecule has 0 spiro atoms. The van der Waals surface area contributed by atoms with E-state index in [9.17, 15) is 9.59 Å². The Hall–Kier alpha value is -2.18. The number of fused-ring (bicyclic) bond motifs is 1. The molecule has 7 heteroatoms. The van der Waals surface area contributed by atoms with Gasteiger partial charge in [-0.1, -0.05) is 25.0 Å². The van der Waals surface area contributed by atoms with Gasteiger partial charge < -0.3 is 4.74 Å². The third-order valence-corrected chi connectivity index (χ3v) is 1.78. The van der Waals surface area contributed by atoms with Crippen molar-refractivity contribution in [3.05, 3.63) is 45.5 Å². The van der Waals surface area contributed by atoms with Crippen molar-refractivity contribution in [2.45, 2.75) is 13.2 Å². The zero-order valence-corrected chi connectivity index (χ0v) is 10.1. The Balaban J connectivity index is 0.000000415. The molecule has 0 unspecified atom stereocenters. The van der Waals surface area contributed by atoms with E-state index < -0.39 is 16.9 Å². The zero-order chi connectivity index (χ0) is 14.1. The summed E-state index contributed by atoms with van der Waals surface area (Å²) in [5, 5.41) is 8.81. The molecule has 0 amide bonds. The summed E-state index contributed by atoms with van der Waals surface area (Å²) in [4.78, 5) is 30.2. The SMILES string of the molecule is C[N+](=O)[O-].O=C1Cc2ccccc2C(=O)O1.[B]C. The van der Waals surface area contributed by atoms with Crippen LogP contribution >= 0.6 is 0 Å². The fraction of sp³-hybridized carbons (Fsp3) is 0.273. The van der Waals surface area contributed by atoms with Gasteiger partial charge in [0.05, 0.1) is 19.8 Å². The molecule has 1 aromatic carbocycles. The van der Waals surface area contributed by atoms with Gasteiger partial charge in [-0.3, -0.25) is 14.9 Å². The summed E-state index contributed by atoms with van der Waals surface area (Å²) in [5.74, 6) is -1.01. The van der Waals surface area contributed by atoms with Crippen LogP contribution in [0.4, 0.5) is 0 Å². The Kier molecular flexibility index (Phi) is 7.03. The highest BCUT2D eigenvalue weighted by Gasteiger charge is 2.23. The largest absolute Gasteiger partial charge is 0.389 e. The monoisotopic (exact) mass is 249 g/mol. The van der Waals surface area contributed by atoms with E-state index in [4.69, 9.17) is 10.1 Å². The molecule has 18 heavy (non-hydrogen) atoms. The Morgan fingerprint density at radius 2 is 1.78 bits per heavy atom. The second-order valence-electron chi connectivity index (χ2n) is 3.04. The zero-order valence-electron chi connectivity index (χ0n) is 10.1. The average Bonchev–Trinajstić information content (AvgIpc) is 2.30. The van der Waals surface area contributed by atoms with Gasteiger partial charge in [-0.05, 0) is 11.6 Å². The highest BCUT2D eigenvalue weighted by molar-refractivity contribution is 6.05. The lowest BCUT2D eigenvalue weighted by Crippen LogP contribution is -2.22. The molecule has 0 saturated heterocycles. The second kappa shape index (κ2) is 8.00. The highest BCUT2D eigenvalue weighted by Crippen LogP contribution is 2.16. The van der Waals surface area contributed by atoms with Gasteiger partial charge >= 0.3 is 11.9 Å². The van der Waals surface area contributed by atoms with Crippen molar-refractivity contribution in [3.8, 4) is 0 Å². The van der Waals surface area contributed by atoms with Gasteiger partial charge in [0.1, 0.15) is 0 Å². The molecule has 6 nitrogen and oxygen atoms in total. The molecule has 1 aliphatic rings. The molecule has 0 aromatic heterocycles. The molecule has 1 heterocycles. The van der Waals surface area contributed by atoms with Crippen LogP contribution in [0.2, 0.25) is 6.82 Å². The number of hydrogen-bond acceptors (Lipinski definition) is 5. The first-order valence-electron chi connectivity index (χ1n) is 4.99. The number of benzene rings is 1. The number of esters is 2. The van der Waals surface area contributed by atoms with E-state index >= 15 is 0 Å². The fourth-order valence-electron chi connectivity index (χ4n) is 1.22. The molecule has 0 aliphatic carbocycles. The van der Waals surface area contributed by atoms with E-state index in [0.717, 1.165) is 12.6 Å². The third kappa shape index (κ3) is 5.24. The molecule has 0 fully saturated rings.